The highest BCUT2D eigenvalue weighted by Crippen LogP contribution is 2.72. The van der Waals surface area contributed by atoms with Crippen molar-refractivity contribution in [2.75, 3.05) is 13.7 Å². The van der Waals surface area contributed by atoms with E-state index in [0.29, 0.717) is 17.6 Å². The summed E-state index contributed by atoms with van der Waals surface area (Å²) in [7, 11) is 1.31. The monoisotopic (exact) mass is 698 g/mol. The lowest BCUT2D eigenvalue weighted by atomic mass is 9.39. The van der Waals surface area contributed by atoms with Crippen LogP contribution in [0.5, 0.6) is 0 Å². The van der Waals surface area contributed by atoms with Gasteiger partial charge in [0.2, 0.25) is 0 Å². The molecule has 3 fully saturated rings. The van der Waals surface area contributed by atoms with Gasteiger partial charge in [0.25, 0.3) is 0 Å². The van der Waals surface area contributed by atoms with Crippen LogP contribution in [0, 0.1) is 28.1 Å². The van der Waals surface area contributed by atoms with Crippen LogP contribution in [-0.2, 0) is 52.4 Å². The summed E-state index contributed by atoms with van der Waals surface area (Å²) in [4.78, 5) is 65.5. The van der Waals surface area contributed by atoms with Crippen LogP contribution in [0.25, 0.3) is 0 Å². The fraction of sp³-hybridized carbons (Fsp3) is 0.658. The van der Waals surface area contributed by atoms with Gasteiger partial charge in [-0.3, -0.25) is 19.2 Å². The molecule has 1 saturated heterocycles. The van der Waals surface area contributed by atoms with Crippen LogP contribution in [0.15, 0.2) is 45.8 Å². The van der Waals surface area contributed by atoms with Gasteiger partial charge in [0.1, 0.15) is 24.4 Å². The highest BCUT2D eigenvalue weighted by molar-refractivity contribution is 5.88. The predicted molar refractivity (Wildman–Crippen MR) is 177 cm³/mol. The van der Waals surface area contributed by atoms with Crippen molar-refractivity contribution in [2.45, 2.75) is 118 Å². The van der Waals surface area contributed by atoms with E-state index in [9.17, 15) is 24.0 Å². The number of carbonyl (C=O) groups excluding carboxylic acids is 5. The second-order valence-corrected chi connectivity index (χ2v) is 15.0. The maximum absolute atomic E-state index is 13.8. The van der Waals surface area contributed by atoms with E-state index < -0.39 is 88.4 Å². The number of hydrogen-bond acceptors (Lipinski definition) is 12. The third-order valence-electron chi connectivity index (χ3n) is 12.3. The highest BCUT2D eigenvalue weighted by Gasteiger charge is 2.77. The Kier molecular flexibility index (Phi) is 10.2. The summed E-state index contributed by atoms with van der Waals surface area (Å²) < 4.78 is 42.2. The normalized spacial score (nSPS) is 37.8. The first-order valence-corrected chi connectivity index (χ1v) is 17.2. The molecule has 274 valence electrons. The summed E-state index contributed by atoms with van der Waals surface area (Å²) in [5.74, 6) is -4.12. The molecule has 12 heteroatoms. The first-order valence-electron chi connectivity index (χ1n) is 17.2. The van der Waals surface area contributed by atoms with Gasteiger partial charge >= 0.3 is 29.8 Å². The topological polar surface area (TPSA) is 154 Å². The Morgan fingerprint density at radius 3 is 2.12 bits per heavy atom. The first kappa shape index (κ1) is 37.3. The zero-order valence-corrected chi connectivity index (χ0v) is 30.7. The van der Waals surface area contributed by atoms with E-state index in [0.717, 1.165) is 11.1 Å². The average Bonchev–Trinajstić information content (AvgIpc) is 3.77. The molecule has 0 radical (unpaired) electrons. The molecule has 1 aromatic heterocycles. The first-order chi connectivity index (χ1) is 23.4. The summed E-state index contributed by atoms with van der Waals surface area (Å²) in [5.41, 5.74) is -0.300. The van der Waals surface area contributed by atoms with E-state index >= 15 is 0 Å². The lowest BCUT2D eigenvalue weighted by Gasteiger charge is -2.66. The van der Waals surface area contributed by atoms with E-state index in [1.807, 2.05) is 33.8 Å². The smallest absolute Gasteiger partial charge is 0.333 e. The molecule has 0 spiro atoms. The third-order valence-corrected chi connectivity index (χ3v) is 12.3. The number of esters is 5. The number of allylic oxidation sites excluding steroid dienone is 2. The van der Waals surface area contributed by atoms with Crippen LogP contribution in [-0.4, -0.2) is 74.1 Å². The Bertz CT molecular complexity index is 1590. The van der Waals surface area contributed by atoms with Crippen molar-refractivity contribution >= 4 is 29.8 Å². The molecule has 0 aromatic carbocycles. The second-order valence-electron chi connectivity index (χ2n) is 15.0. The van der Waals surface area contributed by atoms with Crippen molar-refractivity contribution in [3.05, 3.63) is 47.0 Å². The van der Waals surface area contributed by atoms with Crippen LogP contribution in [0.4, 0.5) is 0 Å². The molecule has 1 aromatic rings. The molecule has 12 nitrogen and oxygen atoms in total. The van der Waals surface area contributed by atoms with Crippen molar-refractivity contribution in [1.82, 2.24) is 0 Å². The van der Waals surface area contributed by atoms with E-state index in [4.69, 9.17) is 32.8 Å². The zero-order chi connectivity index (χ0) is 36.9. The van der Waals surface area contributed by atoms with Gasteiger partial charge in [-0.25, -0.2) is 4.79 Å². The molecule has 3 aliphatic carbocycles. The van der Waals surface area contributed by atoms with E-state index in [1.54, 1.807) is 32.4 Å². The van der Waals surface area contributed by atoms with Crippen molar-refractivity contribution in [2.24, 2.45) is 28.1 Å². The number of ether oxygens (including phenoxy) is 6. The van der Waals surface area contributed by atoms with Crippen LogP contribution in [0.3, 0.4) is 0 Å². The van der Waals surface area contributed by atoms with Gasteiger partial charge in [0.15, 0.2) is 0 Å². The molecule has 2 heterocycles. The van der Waals surface area contributed by atoms with Gasteiger partial charge in [-0.05, 0) is 50.3 Å². The molecular formula is C38H50O12. The number of methoxy groups -OCH3 is 1. The zero-order valence-electron chi connectivity index (χ0n) is 30.7. The van der Waals surface area contributed by atoms with E-state index in [1.165, 1.54) is 27.9 Å². The lowest BCUT2D eigenvalue weighted by Crippen LogP contribution is -2.72. The third kappa shape index (κ3) is 5.96. The SMILES string of the molecule is C/C=C(\C)C(=O)O[C@@H]1[C@@H]2OC[C@@]3(C)[C@@H]2[C@](C)([C@@H](OC(C)=O)C[C@H]3OC(C)=O)[C@@H](CC(=O)OC)[C@]1(C)C1=C(C)[C@H](c2ccoc2)C[C@@H]1OC(C)=O. The summed E-state index contributed by atoms with van der Waals surface area (Å²) >= 11 is 0. The van der Waals surface area contributed by atoms with Gasteiger partial charge < -0.3 is 32.8 Å². The summed E-state index contributed by atoms with van der Waals surface area (Å²) in [6.45, 7) is 15.4. The molecule has 0 bridgehead atoms. The second kappa shape index (κ2) is 13.7. The minimum absolute atomic E-state index is 0.142. The Labute approximate surface area is 293 Å². The maximum atomic E-state index is 13.8. The van der Waals surface area contributed by atoms with E-state index in [-0.39, 0.29) is 25.4 Å². The minimum Gasteiger partial charge on any atom is -0.472 e. The van der Waals surface area contributed by atoms with Gasteiger partial charge in [0.05, 0.1) is 32.3 Å². The van der Waals surface area contributed by atoms with Crippen LogP contribution >= 0.6 is 0 Å². The summed E-state index contributed by atoms with van der Waals surface area (Å²) in [5, 5.41) is 0. The fourth-order valence-electron chi connectivity index (χ4n) is 10.2. The molecule has 0 N–H and O–H groups in total. The molecule has 1 aliphatic heterocycles. The van der Waals surface area contributed by atoms with Crippen molar-refractivity contribution < 1.29 is 56.8 Å². The van der Waals surface area contributed by atoms with Gasteiger partial charge in [-0.1, -0.05) is 32.4 Å². The van der Waals surface area contributed by atoms with Crippen LogP contribution in [0.2, 0.25) is 0 Å². The molecule has 5 rings (SSSR count). The predicted octanol–water partition coefficient (Wildman–Crippen LogP) is 5.39. The van der Waals surface area contributed by atoms with Gasteiger partial charge in [0, 0.05) is 67.3 Å². The van der Waals surface area contributed by atoms with Gasteiger partial charge in [-0.2, -0.15) is 0 Å². The number of rotatable bonds is 9. The molecule has 0 amide bonds. The number of hydrogen-bond donors (Lipinski definition) is 0. The molecular weight excluding hydrogens is 648 g/mol. The minimum atomic E-state index is -1.26. The maximum Gasteiger partial charge on any atom is 0.333 e. The van der Waals surface area contributed by atoms with Crippen LogP contribution in [0.1, 0.15) is 93.1 Å². The molecule has 11 atom stereocenters. The summed E-state index contributed by atoms with van der Waals surface area (Å²) in [6.07, 6.45) is 1.11. The molecule has 50 heavy (non-hydrogen) atoms. The molecule has 0 unspecified atom stereocenters. The summed E-state index contributed by atoms with van der Waals surface area (Å²) in [6, 6.07) is 1.86. The standard InChI is InChI=1S/C38H50O12/c1-11-19(2)35(43)50-34-32-33-36(7,18-46-32)28(48-22(5)40)16-29(49-23(6)41)37(33,8)27(15-30(42)44-10)38(34,9)31-20(3)25(24-12-13-45-17-24)14-26(31)47-21(4)39/h11-13,17,25-29,32-34H,14-16,18H2,1-10H3/b19-11+/t25-,26+,27-,28-,29+,32-,33-,34-,36-,37+,38-/m1/s1. The average molecular weight is 699 g/mol. The number of carbonyl (C=O) groups is 5. The fourth-order valence-corrected chi connectivity index (χ4v) is 10.2. The lowest BCUT2D eigenvalue weighted by molar-refractivity contribution is -0.260. The molecule has 2 saturated carbocycles. The quantitative estimate of drug-likeness (QED) is 0.141. The Morgan fingerprint density at radius 1 is 0.920 bits per heavy atom. The van der Waals surface area contributed by atoms with Crippen LogP contribution < -0.4 is 0 Å². The van der Waals surface area contributed by atoms with Gasteiger partial charge in [-0.15, -0.1) is 0 Å². The Balaban J connectivity index is 1.85. The number of furan rings is 1. The largest absolute Gasteiger partial charge is 0.472 e. The van der Waals surface area contributed by atoms with Crippen molar-refractivity contribution in [3.63, 3.8) is 0 Å². The van der Waals surface area contributed by atoms with E-state index in [2.05, 4.69) is 0 Å². The highest BCUT2D eigenvalue weighted by atomic mass is 16.6. The molecule has 4 aliphatic rings. The van der Waals surface area contributed by atoms with Crippen molar-refractivity contribution in [1.29, 1.82) is 0 Å². The van der Waals surface area contributed by atoms with Crippen molar-refractivity contribution in [3.8, 4) is 0 Å². The Morgan fingerprint density at radius 2 is 1.56 bits per heavy atom. The Hall–Kier alpha value is -3.93.